The largest absolute Gasteiger partial charge is 0.573 e. The second-order valence-corrected chi connectivity index (χ2v) is 8.61. The summed E-state index contributed by atoms with van der Waals surface area (Å²) in [5, 5.41) is 11.1. The molecule has 2 amide bonds. The number of alkyl halides is 3. The van der Waals surface area contributed by atoms with Crippen LogP contribution in [0.5, 0.6) is 5.75 Å². The molecule has 0 atom stereocenters. The third kappa shape index (κ3) is 5.63. The zero-order valence-corrected chi connectivity index (χ0v) is 20.0. The Kier molecular flexibility index (Phi) is 6.41. The lowest BCUT2D eigenvalue weighted by molar-refractivity contribution is -0.274. The van der Waals surface area contributed by atoms with Crippen LogP contribution in [0.25, 0.3) is 17.1 Å². The number of nitrogens with zero attached hydrogens (tertiary/aromatic N) is 7. The number of aromatic nitrogens is 5. The summed E-state index contributed by atoms with van der Waals surface area (Å²) in [5.41, 5.74) is 3.48. The Morgan fingerprint density at radius 2 is 1.84 bits per heavy atom. The molecule has 0 unspecified atom stereocenters. The molecule has 194 valence electrons. The molecule has 37 heavy (non-hydrogen) atoms. The van der Waals surface area contributed by atoms with Gasteiger partial charge in [-0.2, -0.15) is 10.1 Å². The maximum Gasteiger partial charge on any atom is 0.573 e. The molecule has 4 aromatic rings. The van der Waals surface area contributed by atoms with Crippen molar-refractivity contribution in [2.45, 2.75) is 26.8 Å². The highest BCUT2D eigenvalue weighted by Crippen LogP contribution is 2.25. The monoisotopic (exact) mass is 516 g/mol. The van der Waals surface area contributed by atoms with Gasteiger partial charge in [0.2, 0.25) is 0 Å². The molecule has 1 fully saturated rings. The van der Waals surface area contributed by atoms with Gasteiger partial charge in [0.15, 0.2) is 11.5 Å². The number of carbonyl (C=O) groups is 1. The Bertz CT molecular complexity index is 1410. The van der Waals surface area contributed by atoms with Gasteiger partial charge in [-0.3, -0.25) is 4.90 Å². The molecule has 1 aliphatic rings. The quantitative estimate of drug-likeness (QED) is 0.428. The maximum atomic E-state index is 12.6. The number of urea groups is 1. The van der Waals surface area contributed by atoms with Crippen LogP contribution in [0.4, 0.5) is 23.7 Å². The molecular weight excluding hydrogens is 493 g/mol. The number of benzene rings is 1. The molecule has 0 radical (unpaired) electrons. The lowest BCUT2D eigenvalue weighted by Crippen LogP contribution is -2.49. The van der Waals surface area contributed by atoms with E-state index >= 15 is 0 Å². The van der Waals surface area contributed by atoms with Gasteiger partial charge < -0.3 is 19.5 Å². The smallest absolute Gasteiger partial charge is 0.406 e. The molecule has 4 heterocycles. The summed E-state index contributed by atoms with van der Waals surface area (Å²) in [6.07, 6.45) is -3.11. The second-order valence-electron chi connectivity index (χ2n) is 8.61. The third-order valence-electron chi connectivity index (χ3n) is 5.84. The van der Waals surface area contributed by atoms with E-state index in [1.165, 1.54) is 12.1 Å². The van der Waals surface area contributed by atoms with Gasteiger partial charge in [0.1, 0.15) is 11.3 Å². The Morgan fingerprint density at radius 1 is 1.11 bits per heavy atom. The molecule has 3 aromatic heterocycles. The first-order valence-electron chi connectivity index (χ1n) is 11.4. The molecule has 14 heteroatoms. The Balaban J connectivity index is 1.14. The minimum atomic E-state index is -4.77. The van der Waals surface area contributed by atoms with E-state index in [1.54, 1.807) is 15.6 Å². The lowest BCUT2D eigenvalue weighted by atomic mass is 10.3. The van der Waals surface area contributed by atoms with Crippen LogP contribution in [0.15, 0.2) is 41.1 Å². The van der Waals surface area contributed by atoms with Crippen molar-refractivity contribution in [3.05, 3.63) is 53.7 Å². The zero-order chi connectivity index (χ0) is 26.2. The first kappa shape index (κ1) is 24.5. The number of amides is 2. The summed E-state index contributed by atoms with van der Waals surface area (Å²) in [4.78, 5) is 25.3. The second kappa shape index (κ2) is 9.69. The van der Waals surface area contributed by atoms with Crippen LogP contribution in [0.3, 0.4) is 0 Å². The van der Waals surface area contributed by atoms with Crippen molar-refractivity contribution in [1.29, 1.82) is 0 Å². The number of nitrogens with one attached hydrogen (secondary N) is 1. The van der Waals surface area contributed by atoms with Crippen LogP contribution < -0.4 is 10.1 Å². The van der Waals surface area contributed by atoms with Gasteiger partial charge in [-0.1, -0.05) is 5.16 Å². The molecule has 1 aliphatic heterocycles. The molecule has 0 aliphatic carbocycles. The molecule has 11 nitrogen and oxygen atoms in total. The summed E-state index contributed by atoms with van der Waals surface area (Å²) in [7, 11) is 0. The number of hydrogen-bond donors (Lipinski definition) is 1. The van der Waals surface area contributed by atoms with Gasteiger partial charge in [0.25, 0.3) is 5.89 Å². The summed E-state index contributed by atoms with van der Waals surface area (Å²) in [5.74, 6) is 0.497. The summed E-state index contributed by atoms with van der Waals surface area (Å²) in [6.45, 7) is 6.40. The number of rotatable bonds is 5. The van der Waals surface area contributed by atoms with E-state index in [4.69, 9.17) is 4.52 Å². The average Bonchev–Trinajstić information content (AvgIpc) is 3.47. The van der Waals surface area contributed by atoms with E-state index in [9.17, 15) is 18.0 Å². The van der Waals surface area contributed by atoms with Crippen molar-refractivity contribution in [2.24, 2.45) is 0 Å². The molecule has 1 saturated heterocycles. The van der Waals surface area contributed by atoms with Crippen molar-refractivity contribution in [3.63, 3.8) is 0 Å². The predicted octanol–water partition coefficient (Wildman–Crippen LogP) is 3.64. The predicted molar refractivity (Wildman–Crippen MR) is 125 cm³/mol. The number of hydrogen-bond acceptors (Lipinski definition) is 8. The molecule has 1 aromatic carbocycles. The van der Waals surface area contributed by atoms with Crippen LogP contribution in [0, 0.1) is 13.8 Å². The number of fused-ring (bicyclic) bond motifs is 1. The van der Waals surface area contributed by atoms with Crippen LogP contribution >= 0.6 is 0 Å². The highest BCUT2D eigenvalue weighted by Gasteiger charge is 2.31. The number of piperazine rings is 1. The van der Waals surface area contributed by atoms with Crippen molar-refractivity contribution in [2.75, 3.05) is 31.5 Å². The van der Waals surface area contributed by atoms with Gasteiger partial charge in [0.05, 0.1) is 12.7 Å². The summed E-state index contributed by atoms with van der Waals surface area (Å²) in [6, 6.07) is 6.59. The minimum Gasteiger partial charge on any atom is -0.406 e. The Hall–Kier alpha value is -4.20. The van der Waals surface area contributed by atoms with Gasteiger partial charge >= 0.3 is 12.4 Å². The van der Waals surface area contributed by atoms with Crippen LogP contribution in [0.2, 0.25) is 0 Å². The first-order chi connectivity index (χ1) is 17.6. The van der Waals surface area contributed by atoms with Gasteiger partial charge in [0, 0.05) is 43.3 Å². The number of carbonyl (C=O) groups excluding carboxylic acids is 1. The van der Waals surface area contributed by atoms with Gasteiger partial charge in [-0.15, -0.1) is 13.2 Å². The highest BCUT2D eigenvalue weighted by atomic mass is 19.4. The summed E-state index contributed by atoms with van der Waals surface area (Å²) >= 11 is 0. The highest BCUT2D eigenvalue weighted by molar-refractivity contribution is 5.89. The molecule has 0 saturated carbocycles. The fraction of sp³-hybridized carbons (Fsp3) is 0.348. The van der Waals surface area contributed by atoms with E-state index < -0.39 is 6.36 Å². The molecule has 0 spiro atoms. The number of halogens is 3. The molecule has 0 bridgehead atoms. The Labute approximate surface area is 208 Å². The van der Waals surface area contributed by atoms with Gasteiger partial charge in [-0.25, -0.2) is 14.3 Å². The topological polar surface area (TPSA) is 114 Å². The van der Waals surface area contributed by atoms with Crippen molar-refractivity contribution < 1.29 is 27.2 Å². The van der Waals surface area contributed by atoms with Crippen molar-refractivity contribution in [3.8, 4) is 17.2 Å². The van der Waals surface area contributed by atoms with E-state index in [2.05, 4.69) is 35.2 Å². The van der Waals surface area contributed by atoms with Crippen LogP contribution in [0.1, 0.15) is 17.2 Å². The number of aryl methyl sites for hydroxylation is 2. The fourth-order valence-corrected chi connectivity index (χ4v) is 4.10. The SMILES string of the molecule is Cc1cc(C)n2ncc(-c3nc(CN4CCN(C(=O)Nc5ccc(OC(F)(F)F)cc5)CC4)no3)c2n1. The average molecular weight is 516 g/mol. The summed E-state index contributed by atoms with van der Waals surface area (Å²) < 4.78 is 47.9. The fourth-order valence-electron chi connectivity index (χ4n) is 4.10. The van der Waals surface area contributed by atoms with E-state index in [-0.39, 0.29) is 11.8 Å². The minimum absolute atomic E-state index is 0.336. The molecular formula is C23H23F3N8O3. The molecule has 5 rings (SSSR count). The van der Waals surface area contributed by atoms with E-state index in [1.807, 2.05) is 19.9 Å². The van der Waals surface area contributed by atoms with E-state index in [0.717, 1.165) is 23.5 Å². The standard InChI is InChI=1S/C23H23F3N8O3/c1-14-11-15(2)34-20(28-14)18(12-27-34)21-30-19(31-37-21)13-32-7-9-33(10-8-32)22(35)29-16-3-5-17(6-4-16)36-23(24,25)26/h3-6,11-12H,7-10,13H2,1-2H3,(H,29,35). The molecule has 1 N–H and O–H groups in total. The first-order valence-corrected chi connectivity index (χ1v) is 11.4. The number of ether oxygens (including phenoxy) is 1. The van der Waals surface area contributed by atoms with Crippen molar-refractivity contribution >= 4 is 17.4 Å². The lowest BCUT2D eigenvalue weighted by Gasteiger charge is -2.34. The Morgan fingerprint density at radius 3 is 2.54 bits per heavy atom. The van der Waals surface area contributed by atoms with Crippen LogP contribution in [-0.2, 0) is 6.54 Å². The van der Waals surface area contributed by atoms with E-state index in [0.29, 0.717) is 61.3 Å². The normalized spacial score (nSPS) is 14.8. The third-order valence-corrected chi connectivity index (χ3v) is 5.84. The van der Waals surface area contributed by atoms with Crippen molar-refractivity contribution in [1.82, 2.24) is 34.5 Å². The van der Waals surface area contributed by atoms with Crippen LogP contribution in [-0.4, -0.2) is 73.1 Å². The number of anilines is 1. The zero-order valence-electron chi connectivity index (χ0n) is 20.0. The maximum absolute atomic E-state index is 12.6. The van der Waals surface area contributed by atoms with Gasteiger partial charge in [-0.05, 0) is 44.2 Å².